The van der Waals surface area contributed by atoms with Crippen LogP contribution in [-0.2, 0) is 4.74 Å². The first-order valence-corrected chi connectivity index (χ1v) is 7.16. The van der Waals surface area contributed by atoms with Crippen molar-refractivity contribution in [2.75, 3.05) is 20.3 Å². The molecule has 1 heterocycles. The van der Waals surface area contributed by atoms with Gasteiger partial charge in [-0.3, -0.25) is 4.79 Å². The van der Waals surface area contributed by atoms with Gasteiger partial charge in [-0.2, -0.15) is 0 Å². The molecule has 110 valence electrons. The van der Waals surface area contributed by atoms with Crippen molar-refractivity contribution >= 4 is 5.91 Å². The van der Waals surface area contributed by atoms with Gasteiger partial charge in [0.05, 0.1) is 18.8 Å². The summed E-state index contributed by atoms with van der Waals surface area (Å²) in [5.41, 5.74) is 0.579. The summed E-state index contributed by atoms with van der Waals surface area (Å²) in [6, 6.07) is 7.27. The number of hydrogen-bond acceptors (Lipinski definition) is 3. The summed E-state index contributed by atoms with van der Waals surface area (Å²) in [6.07, 6.45) is 1.25. The van der Waals surface area contributed by atoms with Crippen LogP contribution in [0.1, 0.15) is 30.6 Å². The summed E-state index contributed by atoms with van der Waals surface area (Å²) < 4.78 is 10.9. The number of nitrogens with one attached hydrogen (secondary N) is 1. The Labute approximate surface area is 120 Å². The minimum Gasteiger partial charge on any atom is -0.496 e. The van der Waals surface area contributed by atoms with Gasteiger partial charge in [0.1, 0.15) is 5.75 Å². The second kappa shape index (κ2) is 6.75. The number of para-hydroxylation sites is 1. The third kappa shape index (κ3) is 3.31. The van der Waals surface area contributed by atoms with Gasteiger partial charge in [0.25, 0.3) is 5.91 Å². The average Bonchev–Trinajstić information content (AvgIpc) is 2.93. The van der Waals surface area contributed by atoms with Crippen molar-refractivity contribution in [3.63, 3.8) is 0 Å². The number of benzene rings is 1. The van der Waals surface area contributed by atoms with E-state index in [0.29, 0.717) is 29.7 Å². The third-order valence-corrected chi connectivity index (χ3v) is 3.80. The number of hydrogen-bond donors (Lipinski definition) is 1. The summed E-state index contributed by atoms with van der Waals surface area (Å²) in [5.74, 6) is 1.39. The quantitative estimate of drug-likeness (QED) is 0.899. The molecule has 1 fully saturated rings. The summed E-state index contributed by atoms with van der Waals surface area (Å²) >= 11 is 0. The number of carbonyl (C=O) groups is 1. The molecule has 1 aromatic rings. The predicted octanol–water partition coefficient (Wildman–Crippen LogP) is 2.49. The number of methoxy groups -OCH3 is 1. The van der Waals surface area contributed by atoms with Gasteiger partial charge in [-0.15, -0.1) is 0 Å². The van der Waals surface area contributed by atoms with E-state index in [2.05, 4.69) is 19.2 Å². The van der Waals surface area contributed by atoms with E-state index in [0.717, 1.165) is 13.0 Å². The molecule has 1 aliphatic heterocycles. The van der Waals surface area contributed by atoms with Crippen LogP contribution in [0.5, 0.6) is 5.75 Å². The molecule has 2 atom stereocenters. The van der Waals surface area contributed by atoms with Gasteiger partial charge in [0.15, 0.2) is 0 Å². The number of rotatable bonds is 5. The van der Waals surface area contributed by atoms with Crippen LogP contribution in [-0.4, -0.2) is 32.3 Å². The smallest absolute Gasteiger partial charge is 0.255 e. The lowest BCUT2D eigenvalue weighted by atomic mass is 9.93. The summed E-state index contributed by atoms with van der Waals surface area (Å²) in [5, 5.41) is 3.00. The third-order valence-electron chi connectivity index (χ3n) is 3.80. The Morgan fingerprint density at radius 2 is 2.20 bits per heavy atom. The van der Waals surface area contributed by atoms with Gasteiger partial charge in [-0.05, 0) is 24.5 Å². The number of ether oxygens (including phenoxy) is 2. The van der Waals surface area contributed by atoms with Gasteiger partial charge < -0.3 is 14.8 Å². The van der Waals surface area contributed by atoms with Crippen LogP contribution in [0, 0.1) is 11.8 Å². The largest absolute Gasteiger partial charge is 0.496 e. The first-order chi connectivity index (χ1) is 9.63. The van der Waals surface area contributed by atoms with Crippen molar-refractivity contribution < 1.29 is 14.3 Å². The van der Waals surface area contributed by atoms with E-state index in [1.165, 1.54) is 0 Å². The van der Waals surface area contributed by atoms with Gasteiger partial charge in [-0.25, -0.2) is 0 Å². The SMILES string of the molecule is COc1ccccc1C(=O)NCC1CCOC1C(C)C. The van der Waals surface area contributed by atoms with E-state index in [4.69, 9.17) is 9.47 Å². The lowest BCUT2D eigenvalue weighted by Gasteiger charge is -2.22. The zero-order valence-corrected chi connectivity index (χ0v) is 12.4. The molecule has 4 nitrogen and oxygen atoms in total. The van der Waals surface area contributed by atoms with Crippen molar-refractivity contribution in [2.24, 2.45) is 11.8 Å². The highest BCUT2D eigenvalue weighted by Gasteiger charge is 2.30. The van der Waals surface area contributed by atoms with Crippen molar-refractivity contribution in [1.29, 1.82) is 0 Å². The molecule has 4 heteroatoms. The van der Waals surface area contributed by atoms with Crippen LogP contribution in [0.2, 0.25) is 0 Å². The lowest BCUT2D eigenvalue weighted by Crippen LogP contribution is -2.35. The van der Waals surface area contributed by atoms with Crippen molar-refractivity contribution in [3.8, 4) is 5.75 Å². The molecule has 0 spiro atoms. The minimum atomic E-state index is -0.0862. The van der Waals surface area contributed by atoms with E-state index >= 15 is 0 Å². The molecule has 0 radical (unpaired) electrons. The van der Waals surface area contributed by atoms with Crippen molar-refractivity contribution in [3.05, 3.63) is 29.8 Å². The van der Waals surface area contributed by atoms with E-state index in [1.54, 1.807) is 19.2 Å². The summed E-state index contributed by atoms with van der Waals surface area (Å²) in [6.45, 7) is 5.76. The Morgan fingerprint density at radius 3 is 2.90 bits per heavy atom. The lowest BCUT2D eigenvalue weighted by molar-refractivity contribution is 0.0533. The Bertz CT molecular complexity index is 459. The van der Waals surface area contributed by atoms with Crippen LogP contribution >= 0.6 is 0 Å². The second-order valence-electron chi connectivity index (χ2n) is 5.54. The summed E-state index contributed by atoms with van der Waals surface area (Å²) in [7, 11) is 1.58. The van der Waals surface area contributed by atoms with E-state index in [-0.39, 0.29) is 12.0 Å². The Balaban J connectivity index is 1.95. The second-order valence-corrected chi connectivity index (χ2v) is 5.54. The maximum atomic E-state index is 12.2. The molecule has 0 bridgehead atoms. The molecule has 1 aromatic carbocycles. The monoisotopic (exact) mass is 277 g/mol. The Hall–Kier alpha value is -1.55. The maximum Gasteiger partial charge on any atom is 0.255 e. The Morgan fingerprint density at radius 1 is 1.45 bits per heavy atom. The number of carbonyl (C=O) groups excluding carboxylic acids is 1. The molecule has 0 aromatic heterocycles. The zero-order valence-electron chi connectivity index (χ0n) is 12.4. The normalized spacial score (nSPS) is 22.0. The summed E-state index contributed by atoms with van der Waals surface area (Å²) in [4.78, 5) is 12.2. The Kier molecular flexibility index (Phi) is 5.01. The zero-order chi connectivity index (χ0) is 14.5. The molecule has 2 unspecified atom stereocenters. The van der Waals surface area contributed by atoms with Crippen LogP contribution in [0.15, 0.2) is 24.3 Å². The van der Waals surface area contributed by atoms with Gasteiger partial charge >= 0.3 is 0 Å². The van der Waals surface area contributed by atoms with Crippen molar-refractivity contribution in [1.82, 2.24) is 5.32 Å². The molecule has 1 saturated heterocycles. The molecule has 0 aliphatic carbocycles. The molecule has 20 heavy (non-hydrogen) atoms. The first-order valence-electron chi connectivity index (χ1n) is 7.16. The molecule has 1 aliphatic rings. The standard InChI is InChI=1S/C16H23NO3/c1-11(2)15-12(8-9-20-15)10-17-16(18)13-6-4-5-7-14(13)19-3/h4-7,11-12,15H,8-10H2,1-3H3,(H,17,18). The molecule has 0 saturated carbocycles. The number of amides is 1. The van der Waals surface area contributed by atoms with Gasteiger partial charge in [0.2, 0.25) is 0 Å². The van der Waals surface area contributed by atoms with E-state index in [9.17, 15) is 4.79 Å². The fourth-order valence-electron chi connectivity index (χ4n) is 2.76. The van der Waals surface area contributed by atoms with Crippen LogP contribution in [0.3, 0.4) is 0 Å². The molecule has 1 N–H and O–H groups in total. The molecule has 1 amide bonds. The van der Waals surface area contributed by atoms with E-state index < -0.39 is 0 Å². The fraction of sp³-hybridized carbons (Fsp3) is 0.562. The van der Waals surface area contributed by atoms with E-state index in [1.807, 2.05) is 12.1 Å². The molecular formula is C16H23NO3. The van der Waals surface area contributed by atoms with Crippen LogP contribution in [0.25, 0.3) is 0 Å². The van der Waals surface area contributed by atoms with Crippen molar-refractivity contribution in [2.45, 2.75) is 26.4 Å². The van der Waals surface area contributed by atoms with Crippen LogP contribution in [0.4, 0.5) is 0 Å². The topological polar surface area (TPSA) is 47.6 Å². The first kappa shape index (κ1) is 14.9. The molecular weight excluding hydrogens is 254 g/mol. The minimum absolute atomic E-state index is 0.0862. The fourth-order valence-corrected chi connectivity index (χ4v) is 2.76. The van der Waals surface area contributed by atoms with Crippen LogP contribution < -0.4 is 10.1 Å². The maximum absolute atomic E-state index is 12.2. The average molecular weight is 277 g/mol. The predicted molar refractivity (Wildman–Crippen MR) is 78.0 cm³/mol. The van der Waals surface area contributed by atoms with Gasteiger partial charge in [0, 0.05) is 19.1 Å². The molecule has 2 rings (SSSR count). The van der Waals surface area contributed by atoms with Gasteiger partial charge in [-0.1, -0.05) is 26.0 Å². The highest BCUT2D eigenvalue weighted by atomic mass is 16.5. The highest BCUT2D eigenvalue weighted by Crippen LogP contribution is 2.26. The highest BCUT2D eigenvalue weighted by molar-refractivity contribution is 5.96.